The summed E-state index contributed by atoms with van der Waals surface area (Å²) in [6, 6.07) is 22.3. The minimum Gasteiger partial charge on any atom is -0.465 e. The number of benzene rings is 3. The van der Waals surface area contributed by atoms with Crippen LogP contribution in [-0.2, 0) is 9.53 Å². The molecule has 0 radical (unpaired) electrons. The van der Waals surface area contributed by atoms with E-state index in [2.05, 4.69) is 21.2 Å². The van der Waals surface area contributed by atoms with Gasteiger partial charge in [-0.25, -0.2) is 4.39 Å². The second-order valence-corrected chi connectivity index (χ2v) is 8.01. The van der Waals surface area contributed by atoms with Crippen molar-refractivity contribution in [3.05, 3.63) is 99.8 Å². The number of halogens is 2. The van der Waals surface area contributed by atoms with Crippen molar-refractivity contribution in [1.29, 1.82) is 0 Å². The molecule has 4 nitrogen and oxygen atoms in total. The van der Waals surface area contributed by atoms with Gasteiger partial charge in [-0.05, 0) is 42.3 Å². The SMILES string of the molecule is CCOC(=O)CN1[C@H](c2ccccc2)c2cc(Br)ccc2N[C@@H]1c1ccccc1F. The third-order valence-electron chi connectivity index (χ3n) is 5.20. The van der Waals surface area contributed by atoms with Gasteiger partial charge in [-0.2, -0.15) is 0 Å². The van der Waals surface area contributed by atoms with Crippen LogP contribution in [0.3, 0.4) is 0 Å². The second kappa shape index (κ2) is 8.98. The summed E-state index contributed by atoms with van der Waals surface area (Å²) >= 11 is 3.56. The van der Waals surface area contributed by atoms with E-state index in [-0.39, 0.29) is 24.4 Å². The molecule has 3 aromatic carbocycles. The van der Waals surface area contributed by atoms with E-state index in [1.165, 1.54) is 6.07 Å². The van der Waals surface area contributed by atoms with Gasteiger partial charge in [0.05, 0.1) is 19.2 Å². The van der Waals surface area contributed by atoms with E-state index >= 15 is 0 Å². The first-order chi connectivity index (χ1) is 14.6. The zero-order valence-electron chi connectivity index (χ0n) is 16.5. The molecule has 0 aromatic heterocycles. The minimum atomic E-state index is -0.533. The van der Waals surface area contributed by atoms with Crippen LogP contribution in [0.1, 0.15) is 35.8 Å². The molecule has 6 heteroatoms. The molecule has 3 aromatic rings. The Hall–Kier alpha value is -2.70. The molecule has 0 bridgehead atoms. The van der Waals surface area contributed by atoms with E-state index in [9.17, 15) is 9.18 Å². The van der Waals surface area contributed by atoms with Gasteiger partial charge < -0.3 is 10.1 Å². The Kier molecular flexibility index (Phi) is 6.16. The summed E-state index contributed by atoms with van der Waals surface area (Å²) in [4.78, 5) is 14.5. The molecule has 1 N–H and O–H groups in total. The maximum Gasteiger partial charge on any atom is 0.320 e. The molecule has 1 aliphatic rings. The number of nitrogens with one attached hydrogen (secondary N) is 1. The number of ether oxygens (including phenoxy) is 1. The average molecular weight is 469 g/mol. The summed E-state index contributed by atoms with van der Waals surface area (Å²) in [6.45, 7) is 2.09. The first-order valence-corrected chi connectivity index (χ1v) is 10.6. The molecule has 154 valence electrons. The summed E-state index contributed by atoms with van der Waals surface area (Å²) in [5.41, 5.74) is 3.41. The van der Waals surface area contributed by atoms with Gasteiger partial charge in [-0.15, -0.1) is 0 Å². The number of hydrogen-bond acceptors (Lipinski definition) is 4. The Labute approximate surface area is 183 Å². The highest BCUT2D eigenvalue weighted by Gasteiger charge is 2.38. The van der Waals surface area contributed by atoms with E-state index in [0.29, 0.717) is 12.2 Å². The molecule has 0 fully saturated rings. The summed E-state index contributed by atoms with van der Waals surface area (Å²) in [6.07, 6.45) is -0.533. The van der Waals surface area contributed by atoms with Gasteiger partial charge in [0.15, 0.2) is 0 Å². The van der Waals surface area contributed by atoms with Crippen LogP contribution < -0.4 is 5.32 Å². The van der Waals surface area contributed by atoms with Gasteiger partial charge >= 0.3 is 5.97 Å². The topological polar surface area (TPSA) is 41.6 Å². The number of fused-ring (bicyclic) bond motifs is 1. The molecular formula is C24H22BrFN2O2. The van der Waals surface area contributed by atoms with Crippen LogP contribution in [0.2, 0.25) is 0 Å². The molecule has 0 saturated carbocycles. The van der Waals surface area contributed by atoms with Crippen molar-refractivity contribution in [1.82, 2.24) is 4.90 Å². The van der Waals surface area contributed by atoms with E-state index in [0.717, 1.165) is 21.3 Å². The molecule has 1 aliphatic heterocycles. The van der Waals surface area contributed by atoms with E-state index in [1.807, 2.05) is 53.4 Å². The first-order valence-electron chi connectivity index (χ1n) is 9.85. The van der Waals surface area contributed by atoms with Gasteiger partial charge in [0, 0.05) is 15.7 Å². The highest BCUT2D eigenvalue weighted by atomic mass is 79.9. The Morgan fingerprint density at radius 2 is 1.80 bits per heavy atom. The van der Waals surface area contributed by atoms with Crippen LogP contribution in [0.25, 0.3) is 0 Å². The lowest BCUT2D eigenvalue weighted by Crippen LogP contribution is -2.44. The number of anilines is 1. The van der Waals surface area contributed by atoms with Gasteiger partial charge in [0.25, 0.3) is 0 Å². The molecule has 0 saturated heterocycles. The lowest BCUT2D eigenvalue weighted by atomic mass is 9.91. The Bertz CT molecular complexity index is 1040. The molecular weight excluding hydrogens is 447 g/mol. The van der Waals surface area contributed by atoms with E-state index in [4.69, 9.17) is 4.74 Å². The predicted molar refractivity (Wildman–Crippen MR) is 119 cm³/mol. The molecule has 30 heavy (non-hydrogen) atoms. The lowest BCUT2D eigenvalue weighted by molar-refractivity contribution is -0.145. The summed E-state index contributed by atoms with van der Waals surface area (Å²) < 4.78 is 21.0. The number of carbonyl (C=O) groups is 1. The minimum absolute atomic E-state index is 0.0192. The van der Waals surface area contributed by atoms with Crippen molar-refractivity contribution < 1.29 is 13.9 Å². The quantitative estimate of drug-likeness (QED) is 0.490. The van der Waals surface area contributed by atoms with Gasteiger partial charge in [0.1, 0.15) is 12.0 Å². The Balaban J connectivity index is 1.89. The van der Waals surface area contributed by atoms with Crippen molar-refractivity contribution in [2.24, 2.45) is 0 Å². The zero-order chi connectivity index (χ0) is 21.1. The molecule has 4 rings (SSSR count). The summed E-state index contributed by atoms with van der Waals surface area (Å²) in [7, 11) is 0. The maximum absolute atomic E-state index is 14.8. The first kappa shape index (κ1) is 20.6. The third kappa shape index (κ3) is 4.11. The largest absolute Gasteiger partial charge is 0.465 e. The fraction of sp³-hybridized carbons (Fsp3) is 0.208. The van der Waals surface area contributed by atoms with Crippen molar-refractivity contribution in [2.75, 3.05) is 18.5 Å². The molecule has 0 unspecified atom stereocenters. The zero-order valence-corrected chi connectivity index (χ0v) is 18.1. The van der Waals surface area contributed by atoms with Gasteiger partial charge in [0.2, 0.25) is 0 Å². The second-order valence-electron chi connectivity index (χ2n) is 7.09. The maximum atomic E-state index is 14.8. The summed E-state index contributed by atoms with van der Waals surface area (Å²) in [5, 5.41) is 3.44. The smallest absolute Gasteiger partial charge is 0.320 e. The number of hydrogen-bond donors (Lipinski definition) is 1. The monoisotopic (exact) mass is 468 g/mol. The van der Waals surface area contributed by atoms with Crippen LogP contribution in [0.15, 0.2) is 77.3 Å². The number of carbonyl (C=O) groups excluding carboxylic acids is 1. The van der Waals surface area contributed by atoms with Gasteiger partial charge in [-0.1, -0.05) is 64.5 Å². The van der Waals surface area contributed by atoms with Crippen LogP contribution in [0.4, 0.5) is 10.1 Å². The Morgan fingerprint density at radius 1 is 1.07 bits per heavy atom. The number of nitrogens with zero attached hydrogens (tertiary/aromatic N) is 1. The van der Waals surface area contributed by atoms with Crippen LogP contribution >= 0.6 is 15.9 Å². The molecule has 0 amide bonds. The van der Waals surface area contributed by atoms with Crippen LogP contribution in [0, 0.1) is 5.82 Å². The molecule has 1 heterocycles. The number of rotatable bonds is 5. The summed E-state index contributed by atoms with van der Waals surface area (Å²) in [5.74, 6) is -0.670. The average Bonchev–Trinajstić information content (AvgIpc) is 2.74. The van der Waals surface area contributed by atoms with Crippen molar-refractivity contribution in [3.63, 3.8) is 0 Å². The number of esters is 1. The third-order valence-corrected chi connectivity index (χ3v) is 5.69. The fourth-order valence-electron chi connectivity index (χ4n) is 3.95. The van der Waals surface area contributed by atoms with Crippen molar-refractivity contribution in [3.8, 4) is 0 Å². The highest BCUT2D eigenvalue weighted by Crippen LogP contribution is 2.45. The van der Waals surface area contributed by atoms with E-state index < -0.39 is 6.17 Å². The van der Waals surface area contributed by atoms with Crippen molar-refractivity contribution in [2.45, 2.75) is 19.1 Å². The molecule has 2 atom stereocenters. The standard InChI is InChI=1S/C24H22BrFN2O2/c1-2-30-22(29)15-28-23(16-8-4-3-5-9-16)19-14-17(25)12-13-21(19)27-24(28)18-10-6-7-11-20(18)26/h3-14,23-24,27H,2,15H2,1H3/t23-,24+/m1/s1. The normalized spacial score (nSPS) is 18.4. The lowest BCUT2D eigenvalue weighted by Gasteiger charge is -2.44. The fourth-order valence-corrected chi connectivity index (χ4v) is 4.33. The van der Waals surface area contributed by atoms with Crippen LogP contribution in [-0.4, -0.2) is 24.0 Å². The Morgan fingerprint density at radius 3 is 2.53 bits per heavy atom. The van der Waals surface area contributed by atoms with E-state index in [1.54, 1.807) is 25.1 Å². The highest BCUT2D eigenvalue weighted by molar-refractivity contribution is 9.10. The molecule has 0 aliphatic carbocycles. The molecule has 0 spiro atoms. The predicted octanol–water partition coefficient (Wildman–Crippen LogP) is 5.67. The van der Waals surface area contributed by atoms with Crippen LogP contribution in [0.5, 0.6) is 0 Å². The van der Waals surface area contributed by atoms with Crippen molar-refractivity contribution >= 4 is 27.6 Å². The van der Waals surface area contributed by atoms with Gasteiger partial charge in [-0.3, -0.25) is 9.69 Å².